The maximum absolute atomic E-state index is 12.5. The molecule has 53 heavy (non-hydrogen) atoms. The van der Waals surface area contributed by atoms with Gasteiger partial charge in [0.2, 0.25) is 0 Å². The molecular formula is C44H86NO7P. The van der Waals surface area contributed by atoms with Crippen molar-refractivity contribution in [2.45, 2.75) is 219 Å². The van der Waals surface area contributed by atoms with E-state index >= 15 is 0 Å². The molecule has 0 heterocycles. The Balaban J connectivity index is 3.80. The van der Waals surface area contributed by atoms with E-state index in [9.17, 15) is 14.3 Å². The van der Waals surface area contributed by atoms with Crippen molar-refractivity contribution < 1.29 is 32.8 Å². The standard InChI is InChI=1S/C44H86NO7P/c1-3-5-7-9-11-13-14-15-16-17-18-19-20-21-22-23-24-25-26-27-28-29-30-32-34-36-39-49-41-43(42-51-53(47,48)50-40-38-45)52-44(46)37-35-33-31-12-10-8-6-4-2/h14-15,17-18,43H,3-13,16,19-42,45H2,1-2H3,(H,47,48)/b15-14-,18-17-. The summed E-state index contributed by atoms with van der Waals surface area (Å²) in [5.41, 5.74) is 5.36. The molecule has 0 aliphatic carbocycles. The van der Waals surface area contributed by atoms with Crippen molar-refractivity contribution in [3.05, 3.63) is 24.3 Å². The van der Waals surface area contributed by atoms with Gasteiger partial charge in [-0.25, -0.2) is 4.57 Å². The molecule has 0 radical (unpaired) electrons. The van der Waals surface area contributed by atoms with Crippen LogP contribution in [0.5, 0.6) is 0 Å². The molecule has 0 spiro atoms. The highest BCUT2D eigenvalue weighted by Crippen LogP contribution is 2.43. The lowest BCUT2D eigenvalue weighted by Gasteiger charge is -2.20. The molecule has 0 rings (SSSR count). The summed E-state index contributed by atoms with van der Waals surface area (Å²) in [6.07, 6.45) is 46.5. The second-order valence-corrected chi connectivity index (χ2v) is 16.4. The summed E-state index contributed by atoms with van der Waals surface area (Å²) in [7, 11) is -4.26. The van der Waals surface area contributed by atoms with E-state index in [1.165, 1.54) is 154 Å². The highest BCUT2D eigenvalue weighted by atomic mass is 31.2. The van der Waals surface area contributed by atoms with E-state index in [0.717, 1.165) is 38.5 Å². The van der Waals surface area contributed by atoms with Crippen LogP contribution in [0.4, 0.5) is 0 Å². The predicted molar refractivity (Wildman–Crippen MR) is 224 cm³/mol. The van der Waals surface area contributed by atoms with Gasteiger partial charge in [-0.2, -0.15) is 0 Å². The number of hydrogen-bond donors (Lipinski definition) is 2. The van der Waals surface area contributed by atoms with E-state index in [4.69, 9.17) is 24.3 Å². The average Bonchev–Trinajstić information content (AvgIpc) is 3.15. The van der Waals surface area contributed by atoms with E-state index in [1.54, 1.807) is 0 Å². The van der Waals surface area contributed by atoms with Crippen molar-refractivity contribution in [2.75, 3.05) is 33.0 Å². The lowest BCUT2D eigenvalue weighted by molar-refractivity contribution is -0.154. The van der Waals surface area contributed by atoms with Crippen LogP contribution in [-0.4, -0.2) is 49.9 Å². The third kappa shape index (κ3) is 42.0. The quantitative estimate of drug-likeness (QED) is 0.0272. The number of rotatable bonds is 43. The van der Waals surface area contributed by atoms with Gasteiger partial charge in [0.15, 0.2) is 0 Å². The molecule has 0 aromatic carbocycles. The lowest BCUT2D eigenvalue weighted by atomic mass is 10.0. The summed E-state index contributed by atoms with van der Waals surface area (Å²) in [4.78, 5) is 22.3. The van der Waals surface area contributed by atoms with Crippen LogP contribution in [-0.2, 0) is 27.9 Å². The summed E-state index contributed by atoms with van der Waals surface area (Å²) >= 11 is 0. The zero-order chi connectivity index (χ0) is 38.8. The molecule has 0 amide bonds. The van der Waals surface area contributed by atoms with E-state index < -0.39 is 13.9 Å². The van der Waals surface area contributed by atoms with Crippen LogP contribution in [0.2, 0.25) is 0 Å². The van der Waals surface area contributed by atoms with Crippen molar-refractivity contribution in [1.29, 1.82) is 0 Å². The number of phosphoric acid groups is 1. The molecule has 0 aromatic rings. The molecule has 2 atom stereocenters. The van der Waals surface area contributed by atoms with Crippen molar-refractivity contribution >= 4 is 13.8 Å². The number of phosphoric ester groups is 1. The van der Waals surface area contributed by atoms with Crippen molar-refractivity contribution in [1.82, 2.24) is 0 Å². The van der Waals surface area contributed by atoms with E-state index in [0.29, 0.717) is 13.0 Å². The van der Waals surface area contributed by atoms with Gasteiger partial charge in [0.1, 0.15) is 6.10 Å². The monoisotopic (exact) mass is 772 g/mol. The van der Waals surface area contributed by atoms with E-state index in [-0.39, 0.29) is 32.3 Å². The molecule has 8 nitrogen and oxygen atoms in total. The SMILES string of the molecule is CCCCCCC/C=C\C/C=C\CCCCCCCCCCCCCCCCOCC(COP(=O)(O)OCCN)OC(=O)CCCCCCCCCC. The normalized spacial score (nSPS) is 13.7. The third-order valence-electron chi connectivity index (χ3n) is 9.62. The molecule has 0 saturated heterocycles. The molecule has 0 saturated carbocycles. The fourth-order valence-corrected chi connectivity index (χ4v) is 7.09. The van der Waals surface area contributed by atoms with Crippen molar-refractivity contribution in [3.63, 3.8) is 0 Å². The van der Waals surface area contributed by atoms with Gasteiger partial charge in [-0.1, -0.05) is 186 Å². The number of ether oxygens (including phenoxy) is 2. The first-order valence-corrected chi connectivity index (χ1v) is 23.8. The minimum atomic E-state index is -4.26. The third-order valence-corrected chi connectivity index (χ3v) is 10.6. The zero-order valence-corrected chi connectivity index (χ0v) is 35.7. The predicted octanol–water partition coefficient (Wildman–Crippen LogP) is 13.3. The van der Waals surface area contributed by atoms with Gasteiger partial charge in [-0.3, -0.25) is 13.8 Å². The van der Waals surface area contributed by atoms with Gasteiger partial charge in [0.25, 0.3) is 0 Å². The van der Waals surface area contributed by atoms with Gasteiger partial charge < -0.3 is 20.1 Å². The molecule has 314 valence electrons. The minimum absolute atomic E-state index is 0.0933. The number of carbonyl (C=O) groups excluding carboxylic acids is 1. The number of nitrogens with two attached hydrogens (primary N) is 1. The molecule has 2 unspecified atom stereocenters. The highest BCUT2D eigenvalue weighted by molar-refractivity contribution is 7.47. The lowest BCUT2D eigenvalue weighted by Crippen LogP contribution is -2.28. The summed E-state index contributed by atoms with van der Waals surface area (Å²) < 4.78 is 33.3. The topological polar surface area (TPSA) is 117 Å². The van der Waals surface area contributed by atoms with Crippen LogP contribution in [0.3, 0.4) is 0 Å². The van der Waals surface area contributed by atoms with E-state index in [2.05, 4.69) is 38.2 Å². The van der Waals surface area contributed by atoms with Crippen LogP contribution in [0.15, 0.2) is 24.3 Å². The Morgan fingerprint density at radius 3 is 1.47 bits per heavy atom. The fourth-order valence-electron chi connectivity index (χ4n) is 6.32. The highest BCUT2D eigenvalue weighted by Gasteiger charge is 2.25. The molecule has 0 bridgehead atoms. The Morgan fingerprint density at radius 1 is 0.566 bits per heavy atom. The second kappa shape index (κ2) is 42.1. The Hall–Kier alpha value is -1.02. The Morgan fingerprint density at radius 2 is 1.00 bits per heavy atom. The Labute approximate surface area is 327 Å². The second-order valence-electron chi connectivity index (χ2n) is 14.9. The van der Waals surface area contributed by atoms with Crippen LogP contribution in [0.25, 0.3) is 0 Å². The average molecular weight is 772 g/mol. The molecule has 0 fully saturated rings. The Kier molecular flexibility index (Phi) is 41.3. The van der Waals surface area contributed by atoms with Crippen LogP contribution >= 0.6 is 7.82 Å². The van der Waals surface area contributed by atoms with Crippen molar-refractivity contribution in [3.8, 4) is 0 Å². The Bertz CT molecular complexity index is 869. The summed E-state index contributed by atoms with van der Waals surface area (Å²) in [6, 6.07) is 0. The maximum atomic E-state index is 12.5. The summed E-state index contributed by atoms with van der Waals surface area (Å²) in [6.45, 7) is 4.90. The number of hydrogen-bond acceptors (Lipinski definition) is 7. The van der Waals surface area contributed by atoms with Crippen LogP contribution in [0, 0.1) is 0 Å². The molecular weight excluding hydrogens is 685 g/mol. The first-order chi connectivity index (χ1) is 25.9. The molecule has 0 aliphatic heterocycles. The summed E-state index contributed by atoms with van der Waals surface area (Å²) in [5.74, 6) is -0.333. The molecule has 3 N–H and O–H groups in total. The molecule has 0 aromatic heterocycles. The van der Waals surface area contributed by atoms with Gasteiger partial charge in [-0.15, -0.1) is 0 Å². The minimum Gasteiger partial charge on any atom is -0.457 e. The smallest absolute Gasteiger partial charge is 0.457 e. The number of allylic oxidation sites excluding steroid dienone is 4. The largest absolute Gasteiger partial charge is 0.472 e. The van der Waals surface area contributed by atoms with Crippen LogP contribution in [0.1, 0.15) is 213 Å². The number of carbonyl (C=O) groups is 1. The van der Waals surface area contributed by atoms with Gasteiger partial charge in [-0.05, 0) is 44.9 Å². The van der Waals surface area contributed by atoms with Gasteiger partial charge in [0, 0.05) is 19.6 Å². The maximum Gasteiger partial charge on any atom is 0.472 e. The van der Waals surface area contributed by atoms with Crippen molar-refractivity contribution in [2.24, 2.45) is 5.73 Å². The first-order valence-electron chi connectivity index (χ1n) is 22.3. The van der Waals surface area contributed by atoms with E-state index in [1.807, 2.05) is 0 Å². The number of esters is 1. The fraction of sp³-hybridized carbons (Fsp3) is 0.886. The molecule has 9 heteroatoms. The van der Waals surface area contributed by atoms with Gasteiger partial charge in [0.05, 0.1) is 19.8 Å². The van der Waals surface area contributed by atoms with Crippen LogP contribution < -0.4 is 5.73 Å². The number of unbranched alkanes of at least 4 members (excludes halogenated alkanes) is 26. The first kappa shape index (κ1) is 52.0. The summed E-state index contributed by atoms with van der Waals surface area (Å²) in [5, 5.41) is 0. The zero-order valence-electron chi connectivity index (χ0n) is 34.8. The molecule has 0 aliphatic rings. The van der Waals surface area contributed by atoms with Gasteiger partial charge >= 0.3 is 13.8 Å².